The van der Waals surface area contributed by atoms with Crippen LogP contribution in [0.2, 0.25) is 0 Å². The molecule has 1 unspecified atom stereocenters. The summed E-state index contributed by atoms with van der Waals surface area (Å²) in [6, 6.07) is 0. The van der Waals surface area contributed by atoms with Crippen molar-refractivity contribution < 1.29 is 24.2 Å². The average Bonchev–Trinajstić information content (AvgIpc) is 3.42. The molecule has 0 bridgehead atoms. The minimum absolute atomic E-state index is 0.0593. The van der Waals surface area contributed by atoms with Crippen LogP contribution in [-0.4, -0.2) is 36.4 Å². The van der Waals surface area contributed by atoms with Gasteiger partial charge in [-0.05, 0) is 57.8 Å². The number of esters is 2. The van der Waals surface area contributed by atoms with E-state index in [-0.39, 0.29) is 25.2 Å². The fraction of sp³-hybridized carbons (Fsp3) is 0.831. The van der Waals surface area contributed by atoms with Crippen LogP contribution in [0.5, 0.6) is 0 Å². The Morgan fingerprint density at radius 2 is 0.566 bits per heavy atom. The summed E-state index contributed by atoms with van der Waals surface area (Å²) in [4.78, 5) is 24.6. The molecule has 0 amide bonds. The van der Waals surface area contributed by atoms with Crippen LogP contribution in [0.15, 0.2) is 60.8 Å². The number of hydrogen-bond acceptors (Lipinski definition) is 5. The fourth-order valence-corrected chi connectivity index (χ4v) is 10.3. The van der Waals surface area contributed by atoms with E-state index in [1.807, 2.05) is 0 Å². The summed E-state index contributed by atoms with van der Waals surface area (Å²) in [5.74, 6) is -0.567. The molecule has 0 fully saturated rings. The summed E-state index contributed by atoms with van der Waals surface area (Å²) in [6.07, 6.45) is 91.1. The van der Waals surface area contributed by atoms with Crippen molar-refractivity contribution in [2.75, 3.05) is 13.2 Å². The van der Waals surface area contributed by atoms with Gasteiger partial charge in [-0.1, -0.05) is 351 Å². The molecule has 0 aliphatic rings. The zero-order chi connectivity index (χ0) is 54.8. The Hall–Kier alpha value is -2.40. The van der Waals surface area contributed by atoms with Crippen molar-refractivity contribution in [3.8, 4) is 0 Å². The van der Waals surface area contributed by atoms with Gasteiger partial charge in [-0.3, -0.25) is 9.59 Å². The van der Waals surface area contributed by atoms with Gasteiger partial charge in [0.25, 0.3) is 0 Å². The summed E-state index contributed by atoms with van der Waals surface area (Å²) in [7, 11) is 0. The Morgan fingerprint density at radius 3 is 0.855 bits per heavy atom. The molecular formula is C71H130O5. The minimum atomic E-state index is -0.769. The van der Waals surface area contributed by atoms with Crippen molar-refractivity contribution >= 4 is 11.9 Å². The van der Waals surface area contributed by atoms with E-state index in [0.29, 0.717) is 12.8 Å². The molecule has 1 atom stereocenters. The molecule has 0 saturated heterocycles. The van der Waals surface area contributed by atoms with Gasteiger partial charge in [-0.25, -0.2) is 0 Å². The molecule has 5 nitrogen and oxygen atoms in total. The van der Waals surface area contributed by atoms with Crippen molar-refractivity contribution in [3.05, 3.63) is 60.8 Å². The van der Waals surface area contributed by atoms with Crippen molar-refractivity contribution in [1.82, 2.24) is 0 Å². The van der Waals surface area contributed by atoms with E-state index < -0.39 is 6.10 Å². The van der Waals surface area contributed by atoms with Gasteiger partial charge in [0.05, 0.1) is 6.61 Å². The van der Waals surface area contributed by atoms with Gasteiger partial charge >= 0.3 is 11.9 Å². The lowest BCUT2D eigenvalue weighted by Crippen LogP contribution is -2.28. The Balaban J connectivity index is 3.39. The molecule has 76 heavy (non-hydrogen) atoms. The molecule has 0 saturated carbocycles. The molecule has 0 spiro atoms. The van der Waals surface area contributed by atoms with E-state index in [1.54, 1.807) is 0 Å². The fourth-order valence-electron chi connectivity index (χ4n) is 10.3. The van der Waals surface area contributed by atoms with Gasteiger partial charge in [0.2, 0.25) is 0 Å². The first kappa shape index (κ1) is 73.6. The zero-order valence-electron chi connectivity index (χ0n) is 51.0. The predicted octanol–water partition coefficient (Wildman–Crippen LogP) is 23.3. The molecule has 0 aliphatic heterocycles. The normalized spacial score (nSPS) is 12.5. The first-order chi connectivity index (χ1) is 37.6. The molecule has 0 rings (SSSR count). The highest BCUT2D eigenvalue weighted by atomic mass is 16.6. The number of carbonyl (C=O) groups is 2. The monoisotopic (exact) mass is 1060 g/mol. The summed E-state index contributed by atoms with van der Waals surface area (Å²) >= 11 is 0. The van der Waals surface area contributed by atoms with E-state index in [4.69, 9.17) is 9.47 Å². The molecule has 0 aromatic heterocycles. The van der Waals surface area contributed by atoms with E-state index in [2.05, 4.69) is 74.6 Å². The summed E-state index contributed by atoms with van der Waals surface area (Å²) in [6.45, 7) is 4.08. The topological polar surface area (TPSA) is 72.8 Å². The number of aliphatic hydroxyl groups excluding tert-OH is 1. The maximum absolute atomic E-state index is 12.4. The van der Waals surface area contributed by atoms with Crippen LogP contribution in [0.25, 0.3) is 0 Å². The number of carbonyl (C=O) groups excluding carboxylic acids is 2. The van der Waals surface area contributed by atoms with Crippen LogP contribution in [0.4, 0.5) is 0 Å². The van der Waals surface area contributed by atoms with E-state index >= 15 is 0 Å². The smallest absolute Gasteiger partial charge is 0.306 e. The third-order valence-corrected chi connectivity index (χ3v) is 15.3. The van der Waals surface area contributed by atoms with Gasteiger partial charge in [0.1, 0.15) is 6.61 Å². The second kappa shape index (κ2) is 66.9. The second-order valence-corrected chi connectivity index (χ2v) is 22.9. The SMILES string of the molecule is CC/C=C\C/C=C\C/C=C\C/C=C\C/C=C\CCCCCCCCCCCCCCCCCCCCCCCCCC(=O)OC(CO)COC(=O)CCCCCCCCCCCCCCCCCCCCCCCCC. The molecule has 1 N–H and O–H groups in total. The maximum Gasteiger partial charge on any atom is 0.306 e. The van der Waals surface area contributed by atoms with Crippen LogP contribution in [-0.2, 0) is 19.1 Å². The maximum atomic E-state index is 12.4. The van der Waals surface area contributed by atoms with E-state index in [1.165, 1.54) is 270 Å². The van der Waals surface area contributed by atoms with Crippen LogP contribution < -0.4 is 0 Å². The van der Waals surface area contributed by atoms with Gasteiger partial charge in [0.15, 0.2) is 6.10 Å². The Bertz CT molecular complexity index is 1300. The van der Waals surface area contributed by atoms with Gasteiger partial charge in [0, 0.05) is 12.8 Å². The predicted molar refractivity (Wildman–Crippen MR) is 334 cm³/mol. The average molecular weight is 1060 g/mol. The van der Waals surface area contributed by atoms with Gasteiger partial charge < -0.3 is 14.6 Å². The third-order valence-electron chi connectivity index (χ3n) is 15.3. The Labute approximate surface area is 474 Å². The molecule has 0 heterocycles. The lowest BCUT2D eigenvalue weighted by molar-refractivity contribution is -0.161. The van der Waals surface area contributed by atoms with Crippen molar-refractivity contribution in [2.45, 2.75) is 367 Å². The van der Waals surface area contributed by atoms with Crippen molar-refractivity contribution in [3.63, 3.8) is 0 Å². The largest absolute Gasteiger partial charge is 0.462 e. The highest BCUT2D eigenvalue weighted by Gasteiger charge is 2.16. The lowest BCUT2D eigenvalue weighted by Gasteiger charge is -2.15. The number of ether oxygens (including phenoxy) is 2. The highest BCUT2D eigenvalue weighted by Crippen LogP contribution is 2.19. The minimum Gasteiger partial charge on any atom is -0.462 e. The first-order valence-electron chi connectivity index (χ1n) is 33.8. The Kier molecular flexibility index (Phi) is 64.8. The van der Waals surface area contributed by atoms with Gasteiger partial charge in [-0.2, -0.15) is 0 Å². The first-order valence-corrected chi connectivity index (χ1v) is 33.8. The third kappa shape index (κ3) is 64.1. The van der Waals surface area contributed by atoms with E-state index in [0.717, 1.165) is 64.2 Å². The highest BCUT2D eigenvalue weighted by molar-refractivity contribution is 5.70. The molecular weight excluding hydrogens is 933 g/mol. The number of unbranched alkanes of at least 4 members (excludes halogenated alkanes) is 45. The lowest BCUT2D eigenvalue weighted by atomic mass is 10.0. The molecule has 0 radical (unpaired) electrons. The number of rotatable bonds is 63. The zero-order valence-corrected chi connectivity index (χ0v) is 51.0. The molecule has 0 aliphatic carbocycles. The van der Waals surface area contributed by atoms with E-state index in [9.17, 15) is 14.7 Å². The quantitative estimate of drug-likeness (QED) is 0.0373. The van der Waals surface area contributed by atoms with Crippen LogP contribution >= 0.6 is 0 Å². The summed E-state index contributed by atoms with van der Waals surface area (Å²) < 4.78 is 10.8. The molecule has 5 heteroatoms. The van der Waals surface area contributed by atoms with Crippen LogP contribution in [0.1, 0.15) is 361 Å². The standard InChI is InChI=1S/C71H130O5/c1-3-5-7-9-11-13-15-17-19-21-23-25-27-28-29-30-31-32-33-34-35-36-37-38-39-40-41-42-44-46-48-50-52-54-56-58-60-62-64-66-71(74)76-69(67-72)68-75-70(73)65-63-61-59-57-55-53-51-49-47-45-43-26-24-22-20-18-16-14-12-10-8-6-4-2/h5,7,11,13,17,19,23,25,28-29,69,72H,3-4,6,8-10,12,14-16,18,20-22,24,26-27,30-68H2,1-2H3/b7-5-,13-11-,19-17-,25-23-,29-28-. The molecule has 0 aromatic carbocycles. The van der Waals surface area contributed by atoms with Crippen LogP contribution in [0.3, 0.4) is 0 Å². The summed E-state index contributed by atoms with van der Waals surface area (Å²) in [5, 5.41) is 9.69. The number of hydrogen-bond donors (Lipinski definition) is 1. The van der Waals surface area contributed by atoms with Crippen LogP contribution in [0, 0.1) is 0 Å². The summed E-state index contributed by atoms with van der Waals surface area (Å²) in [5.41, 5.74) is 0. The van der Waals surface area contributed by atoms with Crippen molar-refractivity contribution in [2.24, 2.45) is 0 Å². The molecule has 0 aromatic rings. The van der Waals surface area contributed by atoms with Crippen molar-refractivity contribution in [1.29, 1.82) is 0 Å². The number of allylic oxidation sites excluding steroid dienone is 10. The second-order valence-electron chi connectivity index (χ2n) is 22.9. The molecule has 444 valence electrons. The number of aliphatic hydroxyl groups is 1. The van der Waals surface area contributed by atoms with Gasteiger partial charge in [-0.15, -0.1) is 0 Å². The Morgan fingerprint density at radius 1 is 0.316 bits per heavy atom.